The van der Waals surface area contributed by atoms with Crippen molar-refractivity contribution in [2.45, 2.75) is 70.9 Å². The van der Waals surface area contributed by atoms with E-state index in [0.717, 1.165) is 6.04 Å². The van der Waals surface area contributed by atoms with Crippen LogP contribution in [0.2, 0.25) is 0 Å². The van der Waals surface area contributed by atoms with Crippen LogP contribution in [-0.4, -0.2) is 36.6 Å². The zero-order valence-corrected chi connectivity index (χ0v) is 12.2. The molecule has 0 amide bonds. The van der Waals surface area contributed by atoms with Crippen LogP contribution in [-0.2, 0) is 0 Å². The van der Waals surface area contributed by atoms with Crippen molar-refractivity contribution in [2.24, 2.45) is 5.41 Å². The Bertz CT molecular complexity index is 252. The summed E-state index contributed by atoms with van der Waals surface area (Å²) in [6, 6.07) is 0.831. The van der Waals surface area contributed by atoms with Crippen molar-refractivity contribution in [1.29, 1.82) is 0 Å². The maximum Gasteiger partial charge on any atom is 0.0174 e. The lowest BCUT2D eigenvalue weighted by Crippen LogP contribution is -2.56. The Morgan fingerprint density at radius 2 is 1.65 bits per heavy atom. The van der Waals surface area contributed by atoms with E-state index < -0.39 is 0 Å². The third-order valence-corrected chi connectivity index (χ3v) is 5.40. The zero-order valence-electron chi connectivity index (χ0n) is 12.2. The number of piperidine rings is 1. The van der Waals surface area contributed by atoms with Crippen LogP contribution < -0.4 is 5.32 Å². The molecule has 2 aliphatic rings. The summed E-state index contributed by atoms with van der Waals surface area (Å²) in [6.07, 6.45) is 8.31. The molecular formula is C15H30N2. The Labute approximate surface area is 107 Å². The first-order valence-electron chi connectivity index (χ1n) is 7.40. The molecule has 2 heteroatoms. The van der Waals surface area contributed by atoms with Crippen molar-refractivity contribution in [3.8, 4) is 0 Å². The van der Waals surface area contributed by atoms with Crippen molar-refractivity contribution in [1.82, 2.24) is 10.2 Å². The van der Waals surface area contributed by atoms with Gasteiger partial charge in [0.05, 0.1) is 0 Å². The minimum Gasteiger partial charge on any atom is -0.314 e. The van der Waals surface area contributed by atoms with E-state index in [1.807, 2.05) is 0 Å². The van der Waals surface area contributed by atoms with E-state index in [1.165, 1.54) is 51.6 Å². The minimum atomic E-state index is 0.384. The summed E-state index contributed by atoms with van der Waals surface area (Å²) < 4.78 is 0. The maximum absolute atomic E-state index is 3.50. The number of hydrogen-bond acceptors (Lipinski definition) is 2. The standard InChI is InChI=1S/C15H30N2/c1-14(2)8-6-5-7-13(14)17-11-9-15(3,16-4)10-12-17/h13,16H,5-12H2,1-4H3. The molecule has 2 nitrogen and oxygen atoms in total. The molecule has 0 aromatic rings. The lowest BCUT2D eigenvalue weighted by atomic mass is 9.71. The predicted octanol–water partition coefficient (Wildman–Crippen LogP) is 3.03. The molecule has 1 saturated carbocycles. The highest BCUT2D eigenvalue weighted by atomic mass is 15.2. The largest absolute Gasteiger partial charge is 0.314 e. The number of rotatable bonds is 2. The van der Waals surface area contributed by atoms with Crippen molar-refractivity contribution >= 4 is 0 Å². The molecule has 1 unspecified atom stereocenters. The molecule has 0 radical (unpaired) electrons. The fourth-order valence-corrected chi connectivity index (χ4v) is 3.73. The number of likely N-dealkylation sites (tertiary alicyclic amines) is 1. The monoisotopic (exact) mass is 238 g/mol. The molecule has 0 spiro atoms. The smallest absolute Gasteiger partial charge is 0.0174 e. The third-order valence-electron chi connectivity index (χ3n) is 5.40. The van der Waals surface area contributed by atoms with E-state index in [9.17, 15) is 0 Å². The number of nitrogens with zero attached hydrogens (tertiary/aromatic N) is 1. The highest BCUT2D eigenvalue weighted by molar-refractivity contribution is 4.95. The van der Waals surface area contributed by atoms with Gasteiger partial charge < -0.3 is 5.32 Å². The van der Waals surface area contributed by atoms with Crippen LogP contribution in [0.5, 0.6) is 0 Å². The summed E-state index contributed by atoms with van der Waals surface area (Å²) in [5.74, 6) is 0. The second-order valence-corrected chi connectivity index (χ2v) is 7.10. The molecule has 100 valence electrons. The Kier molecular flexibility index (Phi) is 3.84. The van der Waals surface area contributed by atoms with Gasteiger partial charge in [-0.25, -0.2) is 0 Å². The van der Waals surface area contributed by atoms with E-state index in [0.29, 0.717) is 11.0 Å². The van der Waals surface area contributed by atoms with Crippen LogP contribution in [0, 0.1) is 5.41 Å². The Morgan fingerprint density at radius 3 is 2.18 bits per heavy atom. The molecule has 2 fully saturated rings. The highest BCUT2D eigenvalue weighted by Crippen LogP contribution is 2.40. The topological polar surface area (TPSA) is 15.3 Å². The van der Waals surface area contributed by atoms with Gasteiger partial charge in [0, 0.05) is 24.7 Å². The van der Waals surface area contributed by atoms with E-state index in [1.54, 1.807) is 0 Å². The van der Waals surface area contributed by atoms with Crippen molar-refractivity contribution < 1.29 is 0 Å². The van der Waals surface area contributed by atoms with Gasteiger partial charge in [-0.1, -0.05) is 26.7 Å². The van der Waals surface area contributed by atoms with Crippen LogP contribution in [0.3, 0.4) is 0 Å². The summed E-state index contributed by atoms with van der Waals surface area (Å²) in [7, 11) is 2.11. The van der Waals surface area contributed by atoms with Crippen LogP contribution in [0.15, 0.2) is 0 Å². The second kappa shape index (κ2) is 4.89. The van der Waals surface area contributed by atoms with Gasteiger partial charge in [-0.15, -0.1) is 0 Å². The molecule has 1 saturated heterocycles. The average Bonchev–Trinajstić information content (AvgIpc) is 2.30. The van der Waals surface area contributed by atoms with Gasteiger partial charge in [-0.3, -0.25) is 4.90 Å². The van der Waals surface area contributed by atoms with Crippen LogP contribution in [0.25, 0.3) is 0 Å². The average molecular weight is 238 g/mol. The number of nitrogens with one attached hydrogen (secondary N) is 1. The normalized spacial score (nSPS) is 33.5. The van der Waals surface area contributed by atoms with Crippen LogP contribution in [0.1, 0.15) is 59.3 Å². The van der Waals surface area contributed by atoms with Gasteiger partial charge >= 0.3 is 0 Å². The summed E-state index contributed by atoms with van der Waals surface area (Å²) in [5.41, 5.74) is 0.918. The Balaban J connectivity index is 1.96. The van der Waals surface area contributed by atoms with Crippen molar-refractivity contribution in [3.63, 3.8) is 0 Å². The number of hydrogen-bond donors (Lipinski definition) is 1. The van der Waals surface area contributed by atoms with E-state index >= 15 is 0 Å². The Hall–Kier alpha value is -0.0800. The van der Waals surface area contributed by atoms with E-state index in [4.69, 9.17) is 0 Å². The van der Waals surface area contributed by atoms with E-state index in [-0.39, 0.29) is 0 Å². The minimum absolute atomic E-state index is 0.384. The van der Waals surface area contributed by atoms with Gasteiger partial charge in [0.1, 0.15) is 0 Å². The molecule has 1 aliphatic carbocycles. The first-order chi connectivity index (χ1) is 7.97. The quantitative estimate of drug-likeness (QED) is 0.795. The van der Waals surface area contributed by atoms with Crippen molar-refractivity contribution in [2.75, 3.05) is 20.1 Å². The molecule has 2 rings (SSSR count). The Morgan fingerprint density at radius 1 is 1.00 bits per heavy atom. The van der Waals surface area contributed by atoms with Crippen LogP contribution >= 0.6 is 0 Å². The zero-order chi connectivity index (χ0) is 12.5. The molecule has 1 atom stereocenters. The van der Waals surface area contributed by atoms with Crippen LogP contribution in [0.4, 0.5) is 0 Å². The highest BCUT2D eigenvalue weighted by Gasteiger charge is 2.39. The fourth-order valence-electron chi connectivity index (χ4n) is 3.73. The molecular weight excluding hydrogens is 208 g/mol. The molecule has 1 aliphatic heterocycles. The SMILES string of the molecule is CNC1(C)CCN(C2CCCCC2(C)C)CC1. The van der Waals surface area contributed by atoms with Gasteiger partial charge in [0.2, 0.25) is 0 Å². The summed E-state index contributed by atoms with van der Waals surface area (Å²) in [4.78, 5) is 2.78. The molecule has 0 aromatic heterocycles. The molecule has 1 heterocycles. The molecule has 17 heavy (non-hydrogen) atoms. The first kappa shape index (κ1) is 13.4. The lowest BCUT2D eigenvalue weighted by molar-refractivity contribution is 0.0179. The fraction of sp³-hybridized carbons (Fsp3) is 1.00. The summed E-state index contributed by atoms with van der Waals surface area (Å²) >= 11 is 0. The van der Waals surface area contributed by atoms with Gasteiger partial charge in [0.15, 0.2) is 0 Å². The van der Waals surface area contributed by atoms with E-state index in [2.05, 4.69) is 38.0 Å². The summed E-state index contributed by atoms with van der Waals surface area (Å²) in [5, 5.41) is 3.50. The predicted molar refractivity (Wildman–Crippen MR) is 74.3 cm³/mol. The molecule has 1 N–H and O–H groups in total. The molecule has 0 bridgehead atoms. The van der Waals surface area contributed by atoms with Crippen molar-refractivity contribution in [3.05, 3.63) is 0 Å². The maximum atomic E-state index is 3.50. The lowest BCUT2D eigenvalue weighted by Gasteiger charge is -2.49. The van der Waals surface area contributed by atoms with Gasteiger partial charge in [0.25, 0.3) is 0 Å². The third kappa shape index (κ3) is 2.85. The summed E-state index contributed by atoms with van der Waals surface area (Å²) in [6.45, 7) is 9.89. The second-order valence-electron chi connectivity index (χ2n) is 7.10. The van der Waals surface area contributed by atoms with Gasteiger partial charge in [-0.05, 0) is 45.1 Å². The molecule has 0 aromatic carbocycles. The first-order valence-corrected chi connectivity index (χ1v) is 7.40. The van der Waals surface area contributed by atoms with Gasteiger partial charge in [-0.2, -0.15) is 0 Å².